The van der Waals surface area contributed by atoms with E-state index in [1.807, 2.05) is 16.7 Å². The summed E-state index contributed by atoms with van der Waals surface area (Å²) in [6.45, 7) is 0. The van der Waals surface area contributed by atoms with Gasteiger partial charge in [-0.05, 0) is 75.5 Å². The molecular weight excluding hydrogens is 192 g/mol. The van der Waals surface area contributed by atoms with E-state index in [1.165, 1.54) is 57.8 Å². The lowest BCUT2D eigenvalue weighted by Crippen LogP contribution is -1.99. The maximum Gasteiger partial charge on any atom is -0.0133 e. The predicted octanol–water partition coefficient (Wildman–Crippen LogP) is 4.62. The zero-order valence-corrected chi connectivity index (χ0v) is 10.2. The Morgan fingerprint density at radius 3 is 2.62 bits per heavy atom. The van der Waals surface area contributed by atoms with Crippen molar-refractivity contribution in [3.05, 3.63) is 22.8 Å². The van der Waals surface area contributed by atoms with Crippen molar-refractivity contribution in [2.75, 3.05) is 0 Å². The van der Waals surface area contributed by atoms with E-state index in [9.17, 15) is 0 Å². The standard InChI is InChI=1S/C16H22/c1-3-13-7-11(1)9-15(13)5-6-16-10-12-2-4-14(16)8-12/h5,11-13H,1-4,6-10H2. The molecule has 4 aliphatic carbocycles. The smallest absolute Gasteiger partial charge is 0.0133 e. The first-order valence-electron chi connectivity index (χ1n) is 7.27. The van der Waals surface area contributed by atoms with Crippen molar-refractivity contribution in [1.29, 1.82) is 0 Å². The zero-order valence-electron chi connectivity index (χ0n) is 10.2. The van der Waals surface area contributed by atoms with Crippen LogP contribution in [-0.4, -0.2) is 0 Å². The van der Waals surface area contributed by atoms with Crippen LogP contribution in [-0.2, 0) is 0 Å². The summed E-state index contributed by atoms with van der Waals surface area (Å²) >= 11 is 0. The van der Waals surface area contributed by atoms with Gasteiger partial charge < -0.3 is 0 Å². The number of hydrogen-bond acceptors (Lipinski definition) is 0. The lowest BCUT2D eigenvalue weighted by Gasteiger charge is -2.15. The van der Waals surface area contributed by atoms with Gasteiger partial charge in [0.2, 0.25) is 0 Å². The van der Waals surface area contributed by atoms with Crippen LogP contribution in [0.15, 0.2) is 22.8 Å². The number of fused-ring (bicyclic) bond motifs is 4. The summed E-state index contributed by atoms with van der Waals surface area (Å²) < 4.78 is 0. The highest BCUT2D eigenvalue weighted by Gasteiger charge is 2.35. The van der Waals surface area contributed by atoms with E-state index in [0.717, 1.165) is 17.8 Å². The largest absolute Gasteiger partial charge is 0.0810 e. The minimum Gasteiger partial charge on any atom is -0.0810 e. The van der Waals surface area contributed by atoms with Gasteiger partial charge in [0.25, 0.3) is 0 Å². The molecule has 16 heavy (non-hydrogen) atoms. The average Bonchev–Trinajstić information content (AvgIpc) is 3.05. The average molecular weight is 214 g/mol. The van der Waals surface area contributed by atoms with Crippen LogP contribution < -0.4 is 0 Å². The van der Waals surface area contributed by atoms with Crippen molar-refractivity contribution in [3.63, 3.8) is 0 Å². The van der Waals surface area contributed by atoms with Crippen molar-refractivity contribution in [3.8, 4) is 0 Å². The second-order valence-corrected chi connectivity index (χ2v) is 6.58. The second kappa shape index (κ2) is 3.48. The van der Waals surface area contributed by atoms with Gasteiger partial charge in [-0.3, -0.25) is 0 Å². The van der Waals surface area contributed by atoms with Crippen molar-refractivity contribution in [2.24, 2.45) is 17.8 Å². The Morgan fingerprint density at radius 2 is 2.00 bits per heavy atom. The Kier molecular flexibility index (Phi) is 2.07. The van der Waals surface area contributed by atoms with Gasteiger partial charge in [0.05, 0.1) is 0 Å². The van der Waals surface area contributed by atoms with Gasteiger partial charge in [0, 0.05) is 0 Å². The summed E-state index contributed by atoms with van der Waals surface area (Å²) in [7, 11) is 0. The third kappa shape index (κ3) is 1.42. The van der Waals surface area contributed by atoms with Crippen molar-refractivity contribution in [1.82, 2.24) is 0 Å². The minimum absolute atomic E-state index is 1.01. The number of rotatable bonds is 2. The molecule has 4 rings (SSSR count). The van der Waals surface area contributed by atoms with Crippen molar-refractivity contribution >= 4 is 0 Å². The first-order valence-corrected chi connectivity index (χ1v) is 7.27. The number of hydrogen-bond donors (Lipinski definition) is 0. The minimum atomic E-state index is 1.01. The quantitative estimate of drug-likeness (QED) is 0.588. The molecule has 3 fully saturated rings. The SMILES string of the molecule is C(CC1=C2CCC(C1)C2)=C1CC2CCC1C2. The molecule has 4 aliphatic rings. The third-order valence-corrected chi connectivity index (χ3v) is 5.63. The molecule has 3 atom stereocenters. The lowest BCUT2D eigenvalue weighted by atomic mass is 9.91. The van der Waals surface area contributed by atoms with Gasteiger partial charge in [0.1, 0.15) is 0 Å². The first kappa shape index (κ1) is 9.50. The molecule has 0 spiro atoms. The molecule has 0 aromatic carbocycles. The molecule has 0 N–H and O–H groups in total. The molecule has 0 aromatic rings. The van der Waals surface area contributed by atoms with Crippen LogP contribution in [0, 0.1) is 17.8 Å². The fourth-order valence-electron chi connectivity index (χ4n) is 4.75. The normalized spacial score (nSPS) is 43.0. The Balaban J connectivity index is 1.47. The summed E-state index contributed by atoms with van der Waals surface area (Å²) in [5.41, 5.74) is 5.53. The van der Waals surface area contributed by atoms with Crippen LogP contribution in [0.2, 0.25) is 0 Å². The Hall–Kier alpha value is -0.520. The summed E-state index contributed by atoms with van der Waals surface area (Å²) in [5.74, 6) is 3.14. The highest BCUT2D eigenvalue weighted by Crippen LogP contribution is 2.49. The highest BCUT2D eigenvalue weighted by atomic mass is 14.4. The van der Waals surface area contributed by atoms with Gasteiger partial charge in [-0.2, -0.15) is 0 Å². The van der Waals surface area contributed by atoms with Crippen LogP contribution in [0.25, 0.3) is 0 Å². The van der Waals surface area contributed by atoms with Gasteiger partial charge in [-0.1, -0.05) is 22.8 Å². The summed E-state index contributed by atoms with van der Waals surface area (Å²) in [6.07, 6.45) is 15.8. The molecule has 3 saturated carbocycles. The molecule has 0 radical (unpaired) electrons. The van der Waals surface area contributed by atoms with Crippen LogP contribution in [0.5, 0.6) is 0 Å². The maximum atomic E-state index is 2.63. The van der Waals surface area contributed by atoms with E-state index < -0.39 is 0 Å². The topological polar surface area (TPSA) is 0 Å². The number of allylic oxidation sites excluding steroid dienone is 4. The molecule has 0 aliphatic heterocycles. The molecule has 0 saturated heterocycles. The van der Waals surface area contributed by atoms with E-state index in [2.05, 4.69) is 6.08 Å². The Bertz CT molecular complexity index is 371. The highest BCUT2D eigenvalue weighted by molar-refractivity contribution is 5.29. The summed E-state index contributed by atoms with van der Waals surface area (Å²) in [5, 5.41) is 0. The first-order chi connectivity index (χ1) is 7.88. The lowest BCUT2D eigenvalue weighted by molar-refractivity contribution is 0.553. The molecule has 0 nitrogen and oxygen atoms in total. The molecule has 86 valence electrons. The van der Waals surface area contributed by atoms with Gasteiger partial charge in [0.15, 0.2) is 0 Å². The van der Waals surface area contributed by atoms with E-state index >= 15 is 0 Å². The van der Waals surface area contributed by atoms with Crippen LogP contribution in [0.3, 0.4) is 0 Å². The Morgan fingerprint density at radius 1 is 1.00 bits per heavy atom. The maximum absolute atomic E-state index is 2.63. The fourth-order valence-corrected chi connectivity index (χ4v) is 4.75. The fraction of sp³-hybridized carbons (Fsp3) is 0.750. The zero-order chi connectivity index (χ0) is 10.5. The van der Waals surface area contributed by atoms with Crippen LogP contribution in [0.1, 0.15) is 57.8 Å². The monoisotopic (exact) mass is 214 g/mol. The van der Waals surface area contributed by atoms with Crippen LogP contribution in [0.4, 0.5) is 0 Å². The van der Waals surface area contributed by atoms with Crippen molar-refractivity contribution < 1.29 is 0 Å². The molecule has 4 bridgehead atoms. The predicted molar refractivity (Wildman–Crippen MR) is 67.1 cm³/mol. The van der Waals surface area contributed by atoms with E-state index in [4.69, 9.17) is 0 Å². The van der Waals surface area contributed by atoms with E-state index in [0.29, 0.717) is 0 Å². The summed E-state index contributed by atoms with van der Waals surface area (Å²) in [6, 6.07) is 0. The molecule has 3 unspecified atom stereocenters. The van der Waals surface area contributed by atoms with Crippen LogP contribution >= 0.6 is 0 Å². The van der Waals surface area contributed by atoms with Gasteiger partial charge in [-0.15, -0.1) is 0 Å². The molecule has 0 aromatic heterocycles. The van der Waals surface area contributed by atoms with E-state index in [1.54, 1.807) is 0 Å². The Labute approximate surface area is 98.8 Å². The molecular formula is C16H22. The van der Waals surface area contributed by atoms with Gasteiger partial charge >= 0.3 is 0 Å². The van der Waals surface area contributed by atoms with Crippen molar-refractivity contribution in [2.45, 2.75) is 57.8 Å². The molecule has 0 heterocycles. The molecule has 0 heteroatoms. The van der Waals surface area contributed by atoms with E-state index in [-0.39, 0.29) is 0 Å². The molecule has 0 amide bonds. The summed E-state index contributed by atoms with van der Waals surface area (Å²) in [4.78, 5) is 0. The van der Waals surface area contributed by atoms with Gasteiger partial charge in [-0.25, -0.2) is 0 Å². The third-order valence-electron chi connectivity index (χ3n) is 5.63. The second-order valence-electron chi connectivity index (χ2n) is 6.58.